The van der Waals surface area contributed by atoms with Crippen LogP contribution in [0.1, 0.15) is 12.5 Å². The number of methoxy groups -OCH3 is 1. The Morgan fingerprint density at radius 3 is 3.00 bits per heavy atom. The van der Waals surface area contributed by atoms with Gasteiger partial charge in [-0.3, -0.25) is 0 Å². The summed E-state index contributed by atoms with van der Waals surface area (Å²) in [5.41, 5.74) is 1.35. The maximum atomic E-state index is 9.45. The van der Waals surface area contributed by atoms with E-state index in [4.69, 9.17) is 26.1 Å². The number of nitriles is 1. The van der Waals surface area contributed by atoms with E-state index in [0.29, 0.717) is 23.7 Å². The molecule has 3 rings (SSSR count). The van der Waals surface area contributed by atoms with Gasteiger partial charge in [0, 0.05) is 30.6 Å². The third-order valence-electron chi connectivity index (χ3n) is 3.88. The van der Waals surface area contributed by atoms with E-state index >= 15 is 0 Å². The highest BCUT2D eigenvalue weighted by atomic mass is 35.5. The minimum absolute atomic E-state index is 0.00278. The minimum Gasteiger partial charge on any atom is -0.382 e. The summed E-state index contributed by atoms with van der Waals surface area (Å²) in [6.07, 6.45) is 0.0779. The van der Waals surface area contributed by atoms with Crippen molar-refractivity contribution in [2.24, 2.45) is 0 Å². The number of rotatable bonds is 3. The Labute approximate surface area is 140 Å². The summed E-state index contributed by atoms with van der Waals surface area (Å²) in [5, 5.41) is 10.8. The molecule has 0 spiro atoms. The number of fused-ring (bicyclic) bond motifs is 1. The van der Waals surface area contributed by atoms with E-state index in [0.717, 1.165) is 23.3 Å². The Bertz CT molecular complexity index is 759. The highest BCUT2D eigenvalue weighted by Crippen LogP contribution is 2.27. The highest BCUT2D eigenvalue weighted by molar-refractivity contribution is 6.31. The van der Waals surface area contributed by atoms with Crippen LogP contribution in [0, 0.1) is 11.3 Å². The van der Waals surface area contributed by atoms with Crippen molar-refractivity contribution in [3.8, 4) is 6.07 Å². The zero-order valence-electron chi connectivity index (χ0n) is 13.1. The molecule has 120 valence electrons. The van der Waals surface area contributed by atoms with E-state index < -0.39 is 0 Å². The van der Waals surface area contributed by atoms with Crippen LogP contribution in [0.5, 0.6) is 0 Å². The lowest BCUT2D eigenvalue weighted by atomic mass is 10.1. The van der Waals surface area contributed by atoms with Gasteiger partial charge in [0.1, 0.15) is 5.82 Å². The Hall–Kier alpha value is -1.87. The monoisotopic (exact) mass is 331 g/mol. The molecule has 0 N–H and O–H groups in total. The number of hydrogen-bond acceptors (Lipinski definition) is 5. The minimum atomic E-state index is -0.00278. The van der Waals surface area contributed by atoms with Crippen molar-refractivity contribution in [2.75, 3.05) is 31.7 Å². The van der Waals surface area contributed by atoms with Gasteiger partial charge in [0.05, 0.1) is 36.0 Å². The second-order valence-electron chi connectivity index (χ2n) is 5.73. The zero-order chi connectivity index (χ0) is 16.4. The Morgan fingerprint density at radius 1 is 1.43 bits per heavy atom. The van der Waals surface area contributed by atoms with Gasteiger partial charge in [0.2, 0.25) is 0 Å². The molecule has 6 heteroatoms. The zero-order valence-corrected chi connectivity index (χ0v) is 13.9. The van der Waals surface area contributed by atoms with E-state index in [1.807, 2.05) is 19.1 Å². The maximum absolute atomic E-state index is 9.45. The molecule has 0 amide bonds. The third kappa shape index (κ3) is 3.40. The SMILES string of the molecule is COCC1CN(c2cc(C#N)c3cc(Cl)ccc3n2)CC(C)O1. The molecule has 1 aliphatic rings. The molecular weight excluding hydrogens is 314 g/mol. The van der Waals surface area contributed by atoms with Gasteiger partial charge in [-0.1, -0.05) is 11.6 Å². The molecule has 0 bridgehead atoms. The molecule has 1 fully saturated rings. The van der Waals surface area contributed by atoms with Crippen LogP contribution in [0.15, 0.2) is 24.3 Å². The van der Waals surface area contributed by atoms with Crippen molar-refractivity contribution in [3.63, 3.8) is 0 Å². The number of anilines is 1. The first-order valence-corrected chi connectivity index (χ1v) is 7.88. The summed E-state index contributed by atoms with van der Waals surface area (Å²) in [6, 6.07) is 9.48. The van der Waals surface area contributed by atoms with Crippen LogP contribution in [-0.4, -0.2) is 44.0 Å². The molecule has 0 radical (unpaired) electrons. The average molecular weight is 332 g/mol. The summed E-state index contributed by atoms with van der Waals surface area (Å²) < 4.78 is 11.1. The van der Waals surface area contributed by atoms with Crippen molar-refractivity contribution >= 4 is 28.3 Å². The first kappa shape index (κ1) is 16.0. The summed E-state index contributed by atoms with van der Waals surface area (Å²) in [7, 11) is 1.67. The molecule has 1 aromatic heterocycles. The van der Waals surface area contributed by atoms with Crippen molar-refractivity contribution in [1.82, 2.24) is 4.98 Å². The van der Waals surface area contributed by atoms with Gasteiger partial charge < -0.3 is 14.4 Å². The third-order valence-corrected chi connectivity index (χ3v) is 4.12. The van der Waals surface area contributed by atoms with Crippen LogP contribution in [0.2, 0.25) is 5.02 Å². The van der Waals surface area contributed by atoms with Gasteiger partial charge in [-0.15, -0.1) is 0 Å². The van der Waals surface area contributed by atoms with Gasteiger partial charge in [0.15, 0.2) is 0 Å². The van der Waals surface area contributed by atoms with Crippen LogP contribution >= 0.6 is 11.6 Å². The van der Waals surface area contributed by atoms with E-state index in [-0.39, 0.29) is 12.2 Å². The van der Waals surface area contributed by atoms with E-state index in [9.17, 15) is 5.26 Å². The van der Waals surface area contributed by atoms with Crippen LogP contribution in [-0.2, 0) is 9.47 Å². The smallest absolute Gasteiger partial charge is 0.130 e. The average Bonchev–Trinajstić information content (AvgIpc) is 2.53. The lowest BCUT2D eigenvalue weighted by molar-refractivity contribution is -0.0512. The van der Waals surface area contributed by atoms with Gasteiger partial charge in [-0.25, -0.2) is 4.98 Å². The topological polar surface area (TPSA) is 58.4 Å². The predicted octanol–water partition coefficient (Wildman–Crippen LogP) is 3.00. The lowest BCUT2D eigenvalue weighted by Crippen LogP contribution is -2.48. The number of aromatic nitrogens is 1. The fourth-order valence-corrected chi connectivity index (χ4v) is 3.12. The van der Waals surface area contributed by atoms with Gasteiger partial charge in [-0.05, 0) is 31.2 Å². The highest BCUT2D eigenvalue weighted by Gasteiger charge is 2.26. The van der Waals surface area contributed by atoms with Crippen LogP contribution in [0.4, 0.5) is 5.82 Å². The molecular formula is C17H18ClN3O2. The molecule has 2 atom stereocenters. The summed E-state index contributed by atoms with van der Waals surface area (Å²) in [5.74, 6) is 0.785. The summed E-state index contributed by atoms with van der Waals surface area (Å²) in [4.78, 5) is 6.84. The number of benzene rings is 1. The van der Waals surface area contributed by atoms with Crippen molar-refractivity contribution in [3.05, 3.63) is 34.9 Å². The largest absolute Gasteiger partial charge is 0.382 e. The van der Waals surface area contributed by atoms with Crippen molar-refractivity contribution < 1.29 is 9.47 Å². The van der Waals surface area contributed by atoms with Gasteiger partial charge in [0.25, 0.3) is 0 Å². The fraction of sp³-hybridized carbons (Fsp3) is 0.412. The first-order chi connectivity index (χ1) is 11.1. The van der Waals surface area contributed by atoms with E-state index in [1.54, 1.807) is 19.2 Å². The van der Waals surface area contributed by atoms with Crippen LogP contribution in [0.25, 0.3) is 10.9 Å². The van der Waals surface area contributed by atoms with Crippen molar-refractivity contribution in [2.45, 2.75) is 19.1 Å². The fourth-order valence-electron chi connectivity index (χ4n) is 2.95. The molecule has 5 nitrogen and oxygen atoms in total. The van der Waals surface area contributed by atoms with Crippen LogP contribution in [0.3, 0.4) is 0 Å². The maximum Gasteiger partial charge on any atom is 0.130 e. The molecule has 0 aliphatic carbocycles. The number of morpholine rings is 1. The summed E-state index contributed by atoms with van der Waals surface area (Å²) in [6.45, 7) is 3.99. The second kappa shape index (κ2) is 6.71. The number of halogens is 1. The molecule has 1 aliphatic heterocycles. The molecule has 0 saturated carbocycles. The Morgan fingerprint density at radius 2 is 2.26 bits per heavy atom. The normalized spacial score (nSPS) is 21.4. The van der Waals surface area contributed by atoms with Gasteiger partial charge in [-0.2, -0.15) is 5.26 Å². The van der Waals surface area contributed by atoms with Crippen molar-refractivity contribution in [1.29, 1.82) is 5.26 Å². The predicted molar refractivity (Wildman–Crippen MR) is 89.9 cm³/mol. The Kier molecular flexibility index (Phi) is 4.67. The molecule has 1 aromatic carbocycles. The number of ether oxygens (including phenoxy) is 2. The lowest BCUT2D eigenvalue weighted by Gasteiger charge is -2.37. The first-order valence-electron chi connectivity index (χ1n) is 7.50. The molecule has 2 heterocycles. The molecule has 2 unspecified atom stereocenters. The molecule has 1 saturated heterocycles. The quantitative estimate of drug-likeness (QED) is 0.865. The standard InChI is InChI=1S/C17H18ClN3O2/c1-11-8-21(9-14(23-11)10-22-2)17-5-12(7-19)15-6-13(18)3-4-16(15)20-17/h3-6,11,14H,8-10H2,1-2H3. The number of pyridine rings is 1. The van der Waals surface area contributed by atoms with Gasteiger partial charge >= 0.3 is 0 Å². The van der Waals surface area contributed by atoms with Crippen LogP contribution < -0.4 is 4.90 Å². The molecule has 23 heavy (non-hydrogen) atoms. The number of hydrogen-bond donors (Lipinski definition) is 0. The van der Waals surface area contributed by atoms with E-state index in [2.05, 4.69) is 11.0 Å². The second-order valence-corrected chi connectivity index (χ2v) is 6.17. The van der Waals surface area contributed by atoms with E-state index in [1.165, 1.54) is 0 Å². The molecule has 2 aromatic rings. The summed E-state index contributed by atoms with van der Waals surface area (Å²) >= 11 is 6.03. The Balaban J connectivity index is 1.99. The number of nitrogens with zero attached hydrogens (tertiary/aromatic N) is 3.